The molecule has 6 nitrogen and oxygen atoms in total. The summed E-state index contributed by atoms with van der Waals surface area (Å²) >= 11 is 6.10. The lowest BCUT2D eigenvalue weighted by atomic mass is 9.94. The average Bonchev–Trinajstić information content (AvgIpc) is 3.17. The molecular weight excluding hydrogens is 460 g/mol. The van der Waals surface area contributed by atoms with E-state index >= 15 is 0 Å². The number of carbonyl (C=O) groups excluding carboxylic acids is 2. The van der Waals surface area contributed by atoms with Gasteiger partial charge in [-0.25, -0.2) is 4.68 Å². The standard InChI is InChI=1S/C28H31ClN4O2/c29-23-12-10-21(11-13-23)26-25(20-33(30-26)24-8-4-3-5-9-24)28(35)32-18-14-22(15-19-32)27(34)31-16-6-1-2-7-17-31/h3-5,8-13,20,22H,1-2,6-7,14-19H2. The minimum absolute atomic E-state index is 0.0138. The molecule has 2 aliphatic heterocycles. The fourth-order valence-corrected chi connectivity index (χ4v) is 5.24. The Labute approximate surface area is 211 Å². The highest BCUT2D eigenvalue weighted by molar-refractivity contribution is 6.30. The van der Waals surface area contributed by atoms with Gasteiger partial charge in [0.1, 0.15) is 5.69 Å². The zero-order valence-corrected chi connectivity index (χ0v) is 20.7. The van der Waals surface area contributed by atoms with Crippen molar-refractivity contribution in [2.45, 2.75) is 38.5 Å². The molecule has 2 amide bonds. The average molecular weight is 491 g/mol. The molecule has 0 aliphatic carbocycles. The van der Waals surface area contributed by atoms with E-state index in [0.29, 0.717) is 42.2 Å². The highest BCUT2D eigenvalue weighted by atomic mass is 35.5. The SMILES string of the molecule is O=C(c1cn(-c2ccccc2)nc1-c1ccc(Cl)cc1)N1CCC(C(=O)N2CCCCCC2)CC1. The van der Waals surface area contributed by atoms with Gasteiger partial charge in [-0.1, -0.05) is 54.8 Å². The first kappa shape index (κ1) is 23.6. The Balaban J connectivity index is 1.34. The Kier molecular flexibility index (Phi) is 7.19. The number of nitrogens with zero attached hydrogens (tertiary/aromatic N) is 4. The van der Waals surface area contributed by atoms with E-state index in [9.17, 15) is 9.59 Å². The number of rotatable bonds is 4. The fraction of sp³-hybridized carbons (Fsp3) is 0.393. The molecule has 0 bridgehead atoms. The number of likely N-dealkylation sites (tertiary alicyclic amines) is 2. The van der Waals surface area contributed by atoms with Gasteiger partial charge in [0.25, 0.3) is 5.91 Å². The lowest BCUT2D eigenvalue weighted by Crippen LogP contribution is -2.44. The second-order valence-corrected chi connectivity index (χ2v) is 9.92. The normalized spacial score (nSPS) is 17.3. The Bertz CT molecular complexity index is 1160. The summed E-state index contributed by atoms with van der Waals surface area (Å²) in [6, 6.07) is 17.2. The molecule has 3 heterocycles. The maximum atomic E-state index is 13.7. The van der Waals surface area contributed by atoms with Crippen LogP contribution in [0.5, 0.6) is 0 Å². The van der Waals surface area contributed by atoms with Crippen LogP contribution < -0.4 is 0 Å². The maximum Gasteiger partial charge on any atom is 0.257 e. The van der Waals surface area contributed by atoms with Gasteiger partial charge < -0.3 is 9.80 Å². The molecule has 3 aromatic rings. The van der Waals surface area contributed by atoms with Crippen LogP contribution in [-0.2, 0) is 4.79 Å². The number of hydrogen-bond donors (Lipinski definition) is 0. The molecule has 0 atom stereocenters. The molecule has 0 unspecified atom stereocenters. The molecule has 35 heavy (non-hydrogen) atoms. The third-order valence-corrected chi connectivity index (χ3v) is 7.38. The van der Waals surface area contributed by atoms with Crippen LogP contribution in [0, 0.1) is 5.92 Å². The van der Waals surface area contributed by atoms with Crippen molar-refractivity contribution in [3.8, 4) is 16.9 Å². The van der Waals surface area contributed by atoms with E-state index < -0.39 is 0 Å². The maximum absolute atomic E-state index is 13.7. The fourth-order valence-electron chi connectivity index (χ4n) is 5.11. The first-order chi connectivity index (χ1) is 17.1. The monoisotopic (exact) mass is 490 g/mol. The summed E-state index contributed by atoms with van der Waals surface area (Å²) in [5.41, 5.74) is 2.94. The molecule has 2 saturated heterocycles. The third kappa shape index (κ3) is 5.27. The molecule has 2 aliphatic rings. The van der Waals surface area contributed by atoms with E-state index in [4.69, 9.17) is 16.7 Å². The van der Waals surface area contributed by atoms with Gasteiger partial charge in [-0.2, -0.15) is 5.10 Å². The lowest BCUT2D eigenvalue weighted by Gasteiger charge is -2.34. The number of amides is 2. The molecule has 182 valence electrons. The van der Waals surface area contributed by atoms with Crippen molar-refractivity contribution in [1.82, 2.24) is 19.6 Å². The topological polar surface area (TPSA) is 58.4 Å². The molecule has 0 spiro atoms. The van der Waals surface area contributed by atoms with Crippen molar-refractivity contribution in [2.75, 3.05) is 26.2 Å². The molecule has 2 aromatic carbocycles. The van der Waals surface area contributed by atoms with E-state index in [2.05, 4.69) is 4.90 Å². The van der Waals surface area contributed by atoms with E-state index in [1.54, 1.807) is 4.68 Å². The van der Waals surface area contributed by atoms with Gasteiger partial charge >= 0.3 is 0 Å². The number of para-hydroxylation sites is 1. The predicted octanol–water partition coefficient (Wildman–Crippen LogP) is 5.45. The van der Waals surface area contributed by atoms with Crippen LogP contribution in [0.25, 0.3) is 16.9 Å². The first-order valence-corrected chi connectivity index (χ1v) is 13.0. The van der Waals surface area contributed by atoms with Crippen LogP contribution in [0.2, 0.25) is 5.02 Å². The summed E-state index contributed by atoms with van der Waals surface area (Å²) in [5, 5.41) is 5.41. The summed E-state index contributed by atoms with van der Waals surface area (Å²) in [5.74, 6) is 0.246. The molecular formula is C28H31ClN4O2. The number of carbonyl (C=O) groups is 2. The molecule has 2 fully saturated rings. The Morgan fingerprint density at radius 1 is 0.800 bits per heavy atom. The summed E-state index contributed by atoms with van der Waals surface area (Å²) in [7, 11) is 0. The number of piperidine rings is 1. The number of hydrogen-bond acceptors (Lipinski definition) is 3. The van der Waals surface area contributed by atoms with Gasteiger partial charge in [0, 0.05) is 48.9 Å². The van der Waals surface area contributed by atoms with Crippen LogP contribution in [0.3, 0.4) is 0 Å². The quantitative estimate of drug-likeness (QED) is 0.488. The van der Waals surface area contributed by atoms with Crippen molar-refractivity contribution >= 4 is 23.4 Å². The van der Waals surface area contributed by atoms with Crippen LogP contribution in [0.15, 0.2) is 60.8 Å². The largest absolute Gasteiger partial charge is 0.342 e. The second-order valence-electron chi connectivity index (χ2n) is 9.48. The van der Waals surface area contributed by atoms with E-state index in [1.807, 2.05) is 65.7 Å². The molecule has 7 heteroatoms. The Morgan fingerprint density at radius 3 is 2.11 bits per heavy atom. The summed E-state index contributed by atoms with van der Waals surface area (Å²) < 4.78 is 1.76. The van der Waals surface area contributed by atoms with E-state index in [-0.39, 0.29) is 17.7 Å². The predicted molar refractivity (Wildman–Crippen MR) is 138 cm³/mol. The van der Waals surface area contributed by atoms with Crippen LogP contribution in [0.1, 0.15) is 48.9 Å². The number of aromatic nitrogens is 2. The van der Waals surface area contributed by atoms with Gasteiger partial charge in [-0.05, 0) is 49.9 Å². The number of halogens is 1. The third-order valence-electron chi connectivity index (χ3n) is 7.13. The van der Waals surface area contributed by atoms with Gasteiger partial charge in [0.05, 0.1) is 11.3 Å². The van der Waals surface area contributed by atoms with Gasteiger partial charge in [0.15, 0.2) is 0 Å². The molecule has 0 N–H and O–H groups in total. The van der Waals surface area contributed by atoms with Crippen LogP contribution in [-0.4, -0.2) is 57.6 Å². The van der Waals surface area contributed by atoms with Crippen LogP contribution in [0.4, 0.5) is 0 Å². The highest BCUT2D eigenvalue weighted by Gasteiger charge is 2.32. The highest BCUT2D eigenvalue weighted by Crippen LogP contribution is 2.28. The summed E-state index contributed by atoms with van der Waals surface area (Å²) in [6.45, 7) is 2.92. The zero-order valence-electron chi connectivity index (χ0n) is 19.9. The number of benzene rings is 2. The Hall–Kier alpha value is -3.12. The van der Waals surface area contributed by atoms with Crippen molar-refractivity contribution in [3.63, 3.8) is 0 Å². The minimum atomic E-state index is -0.0437. The first-order valence-electron chi connectivity index (χ1n) is 12.6. The van der Waals surface area contributed by atoms with Crippen molar-refractivity contribution in [3.05, 3.63) is 71.4 Å². The second kappa shape index (κ2) is 10.6. The Morgan fingerprint density at radius 2 is 1.46 bits per heavy atom. The van der Waals surface area contributed by atoms with Crippen LogP contribution >= 0.6 is 11.6 Å². The molecule has 0 radical (unpaired) electrons. The zero-order chi connectivity index (χ0) is 24.2. The van der Waals surface area contributed by atoms with Crippen molar-refractivity contribution in [1.29, 1.82) is 0 Å². The molecule has 0 saturated carbocycles. The summed E-state index contributed by atoms with van der Waals surface area (Å²) in [6.07, 6.45) is 7.86. The smallest absolute Gasteiger partial charge is 0.257 e. The van der Waals surface area contributed by atoms with E-state index in [0.717, 1.165) is 37.2 Å². The van der Waals surface area contributed by atoms with Gasteiger partial charge in [-0.3, -0.25) is 9.59 Å². The van der Waals surface area contributed by atoms with Crippen molar-refractivity contribution < 1.29 is 9.59 Å². The van der Waals surface area contributed by atoms with Gasteiger partial charge in [0.2, 0.25) is 5.91 Å². The molecule has 5 rings (SSSR count). The van der Waals surface area contributed by atoms with Gasteiger partial charge in [-0.15, -0.1) is 0 Å². The lowest BCUT2D eigenvalue weighted by molar-refractivity contribution is -0.136. The summed E-state index contributed by atoms with van der Waals surface area (Å²) in [4.78, 5) is 30.7. The molecule has 1 aromatic heterocycles. The minimum Gasteiger partial charge on any atom is -0.342 e. The van der Waals surface area contributed by atoms with E-state index in [1.165, 1.54) is 12.8 Å². The van der Waals surface area contributed by atoms with Crippen molar-refractivity contribution in [2.24, 2.45) is 5.92 Å².